The standard InChI is InChI=1S/C21H19F2IN4O3/c1-12-8-13(3-5-17(29)30)2-4-15(12)18-26-20(31-27-18)14-9-16(24)19(25-10-14)28-7-6-21(22,23)11-28/h2,4,8-10H,3,5-7,11H2,1H3,(H,29,30). The van der Waals surface area contributed by atoms with Crippen LogP contribution >= 0.6 is 22.6 Å². The second-order valence-corrected chi connectivity index (χ2v) is 8.69. The van der Waals surface area contributed by atoms with Crippen LogP contribution in [0.3, 0.4) is 0 Å². The lowest BCUT2D eigenvalue weighted by molar-refractivity contribution is -0.136. The molecule has 1 N–H and O–H groups in total. The van der Waals surface area contributed by atoms with Gasteiger partial charge < -0.3 is 14.5 Å². The number of carboxylic acid groups (broad SMARTS) is 1. The maximum Gasteiger partial charge on any atom is 0.303 e. The minimum Gasteiger partial charge on any atom is -0.481 e. The first kappa shape index (κ1) is 21.6. The SMILES string of the molecule is Cc1cc(CCC(=O)O)ccc1-c1noc(-c2cnc(N3CCC(F)(F)C3)c(I)c2)n1. The molecule has 3 heterocycles. The average Bonchev–Trinajstić information content (AvgIpc) is 3.33. The molecule has 7 nitrogen and oxygen atoms in total. The Kier molecular flexibility index (Phi) is 5.91. The van der Waals surface area contributed by atoms with Crippen molar-refractivity contribution >= 4 is 34.4 Å². The fourth-order valence-corrected chi connectivity index (χ4v) is 4.35. The van der Waals surface area contributed by atoms with Gasteiger partial charge in [-0.25, -0.2) is 13.8 Å². The molecule has 0 unspecified atom stereocenters. The number of carbonyl (C=O) groups is 1. The smallest absolute Gasteiger partial charge is 0.303 e. The van der Waals surface area contributed by atoms with E-state index in [9.17, 15) is 13.6 Å². The lowest BCUT2D eigenvalue weighted by atomic mass is 10.0. The highest BCUT2D eigenvalue weighted by Gasteiger charge is 2.39. The van der Waals surface area contributed by atoms with Crippen molar-refractivity contribution in [3.05, 3.63) is 45.2 Å². The van der Waals surface area contributed by atoms with Crippen LogP contribution in [0.1, 0.15) is 24.0 Å². The summed E-state index contributed by atoms with van der Waals surface area (Å²) in [7, 11) is 0. The lowest BCUT2D eigenvalue weighted by Crippen LogP contribution is -2.26. The number of aliphatic carboxylic acids is 1. The van der Waals surface area contributed by atoms with E-state index in [1.165, 1.54) is 0 Å². The molecular weight excluding hydrogens is 521 g/mol. The predicted octanol–water partition coefficient (Wildman–Crippen LogP) is 4.57. The molecule has 10 heteroatoms. The third kappa shape index (κ3) is 4.83. The molecule has 0 atom stereocenters. The molecule has 0 spiro atoms. The number of nitrogens with zero attached hydrogens (tertiary/aromatic N) is 4. The van der Waals surface area contributed by atoms with E-state index in [0.717, 1.165) is 20.3 Å². The predicted molar refractivity (Wildman–Crippen MR) is 118 cm³/mol. The number of halogens is 3. The molecule has 1 saturated heterocycles. The van der Waals surface area contributed by atoms with E-state index in [-0.39, 0.29) is 31.8 Å². The maximum absolute atomic E-state index is 13.5. The number of hydrogen-bond acceptors (Lipinski definition) is 6. The van der Waals surface area contributed by atoms with Crippen molar-refractivity contribution in [2.75, 3.05) is 18.0 Å². The fraction of sp³-hybridized carbons (Fsp3) is 0.333. The highest BCUT2D eigenvalue weighted by Crippen LogP contribution is 2.33. The second-order valence-electron chi connectivity index (χ2n) is 7.52. The van der Waals surface area contributed by atoms with E-state index in [4.69, 9.17) is 9.63 Å². The molecule has 0 radical (unpaired) electrons. The summed E-state index contributed by atoms with van der Waals surface area (Å²) in [6.07, 6.45) is 1.90. The number of anilines is 1. The van der Waals surface area contributed by atoms with Gasteiger partial charge in [-0.15, -0.1) is 0 Å². The van der Waals surface area contributed by atoms with Crippen LogP contribution in [0.15, 0.2) is 35.0 Å². The molecule has 162 valence electrons. The highest BCUT2D eigenvalue weighted by atomic mass is 127. The zero-order valence-electron chi connectivity index (χ0n) is 16.6. The molecule has 0 bridgehead atoms. The molecule has 0 aliphatic carbocycles. The molecule has 4 rings (SSSR count). The average molecular weight is 540 g/mol. The molecule has 1 aliphatic heterocycles. The van der Waals surface area contributed by atoms with Gasteiger partial charge in [0, 0.05) is 31.1 Å². The van der Waals surface area contributed by atoms with E-state index in [1.54, 1.807) is 17.2 Å². The molecular formula is C21H19F2IN4O3. The van der Waals surface area contributed by atoms with Crippen molar-refractivity contribution in [2.45, 2.75) is 32.1 Å². The van der Waals surface area contributed by atoms with Gasteiger partial charge in [0.15, 0.2) is 0 Å². The zero-order valence-corrected chi connectivity index (χ0v) is 18.8. The Morgan fingerprint density at radius 1 is 1.35 bits per heavy atom. The number of hydrogen-bond donors (Lipinski definition) is 1. The maximum atomic E-state index is 13.5. The number of aromatic nitrogens is 3. The van der Waals surface area contributed by atoms with Gasteiger partial charge in [-0.1, -0.05) is 23.4 Å². The summed E-state index contributed by atoms with van der Waals surface area (Å²) in [6, 6.07) is 7.41. The first-order valence-corrected chi connectivity index (χ1v) is 10.7. The molecule has 1 aromatic carbocycles. The van der Waals surface area contributed by atoms with Crippen molar-refractivity contribution < 1.29 is 23.2 Å². The van der Waals surface area contributed by atoms with Crippen LogP contribution in [0.5, 0.6) is 0 Å². The Hall–Kier alpha value is -2.63. The molecule has 31 heavy (non-hydrogen) atoms. The van der Waals surface area contributed by atoms with Crippen molar-refractivity contribution in [1.82, 2.24) is 15.1 Å². The molecule has 0 saturated carbocycles. The number of aryl methyl sites for hydroxylation is 2. The van der Waals surface area contributed by atoms with Gasteiger partial charge in [-0.2, -0.15) is 4.98 Å². The molecule has 0 amide bonds. The van der Waals surface area contributed by atoms with Gasteiger partial charge in [0.2, 0.25) is 5.82 Å². The second kappa shape index (κ2) is 8.48. The van der Waals surface area contributed by atoms with Gasteiger partial charge in [0.1, 0.15) is 5.82 Å². The minimum atomic E-state index is -2.69. The Morgan fingerprint density at radius 3 is 2.81 bits per heavy atom. The fourth-order valence-electron chi connectivity index (χ4n) is 3.53. The minimum absolute atomic E-state index is 0.0713. The largest absolute Gasteiger partial charge is 0.481 e. The van der Waals surface area contributed by atoms with E-state index in [0.29, 0.717) is 23.6 Å². The quantitative estimate of drug-likeness (QED) is 0.458. The third-order valence-electron chi connectivity index (χ3n) is 5.12. The van der Waals surface area contributed by atoms with Gasteiger partial charge in [0.05, 0.1) is 15.7 Å². The Balaban J connectivity index is 1.54. The summed E-state index contributed by atoms with van der Waals surface area (Å²) < 4.78 is 33.2. The van der Waals surface area contributed by atoms with Gasteiger partial charge in [-0.3, -0.25) is 4.79 Å². The Morgan fingerprint density at radius 2 is 2.16 bits per heavy atom. The zero-order chi connectivity index (χ0) is 22.2. The van der Waals surface area contributed by atoms with E-state index in [2.05, 4.69) is 37.7 Å². The van der Waals surface area contributed by atoms with E-state index >= 15 is 0 Å². The number of benzene rings is 1. The molecule has 1 aliphatic rings. The van der Waals surface area contributed by atoms with Gasteiger partial charge in [0.25, 0.3) is 11.8 Å². The number of carboxylic acids is 1. The summed E-state index contributed by atoms with van der Waals surface area (Å²) in [5.74, 6) is -2.30. The van der Waals surface area contributed by atoms with Crippen LogP contribution in [-0.2, 0) is 11.2 Å². The Bertz CT molecular complexity index is 1140. The number of rotatable bonds is 6. The number of alkyl halides is 2. The van der Waals surface area contributed by atoms with Crippen LogP contribution in [0.4, 0.5) is 14.6 Å². The highest BCUT2D eigenvalue weighted by molar-refractivity contribution is 14.1. The summed E-state index contributed by atoms with van der Waals surface area (Å²) >= 11 is 2.07. The molecule has 3 aromatic rings. The van der Waals surface area contributed by atoms with Crippen LogP contribution < -0.4 is 4.90 Å². The third-order valence-corrected chi connectivity index (χ3v) is 5.92. The lowest BCUT2D eigenvalue weighted by Gasteiger charge is -2.18. The molecule has 1 fully saturated rings. The summed E-state index contributed by atoms with van der Waals surface area (Å²) in [6.45, 7) is 1.84. The number of pyridine rings is 1. The van der Waals surface area contributed by atoms with Gasteiger partial charge >= 0.3 is 5.97 Å². The van der Waals surface area contributed by atoms with Crippen molar-refractivity contribution in [3.8, 4) is 22.8 Å². The van der Waals surface area contributed by atoms with Gasteiger partial charge in [-0.05, 0) is 53.1 Å². The van der Waals surface area contributed by atoms with Crippen LogP contribution in [-0.4, -0.2) is 45.2 Å². The monoisotopic (exact) mass is 540 g/mol. The summed E-state index contributed by atoms with van der Waals surface area (Å²) in [5.41, 5.74) is 3.23. The van der Waals surface area contributed by atoms with Crippen molar-refractivity contribution in [3.63, 3.8) is 0 Å². The first-order chi connectivity index (χ1) is 14.7. The van der Waals surface area contributed by atoms with E-state index < -0.39 is 11.9 Å². The van der Waals surface area contributed by atoms with Crippen LogP contribution in [0, 0.1) is 10.5 Å². The van der Waals surface area contributed by atoms with Crippen molar-refractivity contribution in [1.29, 1.82) is 0 Å². The van der Waals surface area contributed by atoms with Crippen molar-refractivity contribution in [2.24, 2.45) is 0 Å². The Labute approximate surface area is 190 Å². The normalized spacial score (nSPS) is 15.4. The first-order valence-electron chi connectivity index (χ1n) is 9.66. The summed E-state index contributed by atoms with van der Waals surface area (Å²) in [5, 5.41) is 12.9. The van der Waals surface area contributed by atoms with Crippen LogP contribution in [0.2, 0.25) is 0 Å². The topological polar surface area (TPSA) is 92.3 Å². The van der Waals surface area contributed by atoms with E-state index in [1.807, 2.05) is 25.1 Å². The van der Waals surface area contributed by atoms with Crippen LogP contribution in [0.25, 0.3) is 22.8 Å². The molecule has 2 aromatic heterocycles. The summed E-state index contributed by atoms with van der Waals surface area (Å²) in [4.78, 5) is 21.2.